The molecule has 1 aliphatic rings. The average molecular weight is 465 g/mol. The fraction of sp³-hybridized carbons (Fsp3) is 0.368. The Hall–Kier alpha value is -2.47. The monoisotopic (exact) mass is 465 g/mol. The number of morpholine rings is 1. The van der Waals surface area contributed by atoms with Gasteiger partial charge in [-0.25, -0.2) is 4.98 Å². The van der Waals surface area contributed by atoms with E-state index < -0.39 is 35.1 Å². The van der Waals surface area contributed by atoms with Crippen molar-refractivity contribution in [1.82, 2.24) is 4.98 Å². The SMILES string of the molecule is O=C(CSc1ccc(C(F)(F)F)cn1)Nc1ccc(N2CCOCC2)cc1C(F)(F)F. The molecule has 1 aliphatic heterocycles. The van der Waals surface area contributed by atoms with E-state index in [-0.39, 0.29) is 10.8 Å². The maximum Gasteiger partial charge on any atom is 0.418 e. The molecule has 0 spiro atoms. The number of hydrogen-bond acceptors (Lipinski definition) is 5. The number of halogens is 6. The van der Waals surface area contributed by atoms with Gasteiger partial charge in [0.2, 0.25) is 5.91 Å². The minimum Gasteiger partial charge on any atom is -0.378 e. The van der Waals surface area contributed by atoms with Gasteiger partial charge in [-0.05, 0) is 30.3 Å². The Morgan fingerprint density at radius 2 is 1.77 bits per heavy atom. The molecule has 2 heterocycles. The summed E-state index contributed by atoms with van der Waals surface area (Å²) in [5.41, 5.74) is -1.94. The molecular formula is C19H17F6N3O2S. The molecule has 31 heavy (non-hydrogen) atoms. The molecule has 3 rings (SSSR count). The molecule has 12 heteroatoms. The molecule has 0 radical (unpaired) electrons. The van der Waals surface area contributed by atoms with Gasteiger partial charge in [-0.1, -0.05) is 11.8 Å². The number of anilines is 2. The molecule has 168 valence electrons. The second-order valence-electron chi connectivity index (χ2n) is 6.55. The summed E-state index contributed by atoms with van der Waals surface area (Å²) in [7, 11) is 0. The van der Waals surface area contributed by atoms with Crippen LogP contribution in [0.15, 0.2) is 41.6 Å². The Bertz CT molecular complexity index is 912. The first-order valence-electron chi connectivity index (χ1n) is 9.04. The zero-order valence-corrected chi connectivity index (χ0v) is 16.7. The normalized spacial score (nSPS) is 15.1. The van der Waals surface area contributed by atoms with E-state index >= 15 is 0 Å². The molecule has 5 nitrogen and oxygen atoms in total. The van der Waals surface area contributed by atoms with Crippen molar-refractivity contribution in [3.8, 4) is 0 Å². The van der Waals surface area contributed by atoms with E-state index in [1.54, 1.807) is 4.90 Å². The molecule has 1 amide bonds. The number of alkyl halides is 6. The Labute approximate surface area is 177 Å². The lowest BCUT2D eigenvalue weighted by Gasteiger charge is -2.29. The van der Waals surface area contributed by atoms with Crippen LogP contribution in [0, 0.1) is 0 Å². The molecule has 1 aromatic heterocycles. The predicted octanol–water partition coefficient (Wildman–Crippen LogP) is 4.69. The summed E-state index contributed by atoms with van der Waals surface area (Å²) < 4.78 is 83.4. The molecule has 1 aromatic carbocycles. The van der Waals surface area contributed by atoms with Crippen LogP contribution in [0.4, 0.5) is 37.7 Å². The van der Waals surface area contributed by atoms with Gasteiger partial charge in [-0.2, -0.15) is 26.3 Å². The lowest BCUT2D eigenvalue weighted by molar-refractivity contribution is -0.138. The number of amides is 1. The number of nitrogens with one attached hydrogen (secondary N) is 1. The van der Waals surface area contributed by atoms with Gasteiger partial charge in [0.25, 0.3) is 0 Å². The summed E-state index contributed by atoms with van der Waals surface area (Å²) in [6.45, 7) is 1.74. The molecule has 1 N–H and O–H groups in total. The summed E-state index contributed by atoms with van der Waals surface area (Å²) in [5, 5.41) is 2.36. The number of benzene rings is 1. The van der Waals surface area contributed by atoms with Crippen LogP contribution in [0.1, 0.15) is 11.1 Å². The standard InChI is InChI=1S/C19H17F6N3O2S/c20-18(21,22)12-1-4-17(26-10-12)31-11-16(29)27-15-3-2-13(9-14(15)19(23,24)25)28-5-7-30-8-6-28/h1-4,9-10H,5-8,11H2,(H,27,29). The number of hydrogen-bond donors (Lipinski definition) is 1. The maximum absolute atomic E-state index is 13.5. The first-order chi connectivity index (χ1) is 14.5. The molecule has 1 saturated heterocycles. The van der Waals surface area contributed by atoms with E-state index in [2.05, 4.69) is 10.3 Å². The second-order valence-corrected chi connectivity index (χ2v) is 7.54. The highest BCUT2D eigenvalue weighted by Gasteiger charge is 2.35. The number of carbonyl (C=O) groups is 1. The Kier molecular flexibility index (Phi) is 6.99. The fourth-order valence-electron chi connectivity index (χ4n) is 2.85. The number of ether oxygens (including phenoxy) is 1. The van der Waals surface area contributed by atoms with E-state index in [0.717, 1.165) is 30.0 Å². The molecule has 0 unspecified atom stereocenters. The molecule has 2 aromatic rings. The Balaban J connectivity index is 1.67. The highest BCUT2D eigenvalue weighted by molar-refractivity contribution is 7.99. The van der Waals surface area contributed by atoms with Crippen LogP contribution in [0.25, 0.3) is 0 Å². The van der Waals surface area contributed by atoms with E-state index in [4.69, 9.17) is 4.74 Å². The minimum absolute atomic E-state index is 0.141. The van der Waals surface area contributed by atoms with E-state index in [9.17, 15) is 31.1 Å². The second kappa shape index (κ2) is 9.35. The number of rotatable bonds is 5. The lowest BCUT2D eigenvalue weighted by atomic mass is 10.1. The van der Waals surface area contributed by atoms with Crippen molar-refractivity contribution in [2.45, 2.75) is 17.4 Å². The molecule has 0 bridgehead atoms. The first kappa shape index (κ1) is 23.2. The third-order valence-electron chi connectivity index (χ3n) is 4.37. The van der Waals surface area contributed by atoms with Gasteiger partial charge in [0, 0.05) is 25.0 Å². The van der Waals surface area contributed by atoms with Crippen molar-refractivity contribution in [3.63, 3.8) is 0 Å². The van der Waals surface area contributed by atoms with E-state index in [1.165, 1.54) is 12.1 Å². The lowest BCUT2D eigenvalue weighted by Crippen LogP contribution is -2.36. The first-order valence-corrected chi connectivity index (χ1v) is 10.0. The van der Waals surface area contributed by atoms with Crippen molar-refractivity contribution in [2.24, 2.45) is 0 Å². The zero-order valence-electron chi connectivity index (χ0n) is 15.9. The highest BCUT2D eigenvalue weighted by atomic mass is 32.2. The van der Waals surface area contributed by atoms with Gasteiger partial charge >= 0.3 is 12.4 Å². The summed E-state index contributed by atoms with van der Waals surface area (Å²) in [4.78, 5) is 17.5. The molecular weight excluding hydrogens is 448 g/mol. The molecule has 0 saturated carbocycles. The van der Waals surface area contributed by atoms with Crippen molar-refractivity contribution in [1.29, 1.82) is 0 Å². The van der Waals surface area contributed by atoms with Crippen molar-refractivity contribution in [3.05, 3.63) is 47.7 Å². The summed E-state index contributed by atoms with van der Waals surface area (Å²) in [5.74, 6) is -1.06. The predicted molar refractivity (Wildman–Crippen MR) is 103 cm³/mol. The number of carbonyl (C=O) groups excluding carboxylic acids is 1. The highest BCUT2D eigenvalue weighted by Crippen LogP contribution is 2.37. The van der Waals surface area contributed by atoms with Crippen LogP contribution < -0.4 is 10.2 Å². The van der Waals surface area contributed by atoms with Crippen LogP contribution in [0.5, 0.6) is 0 Å². The van der Waals surface area contributed by atoms with Gasteiger partial charge in [0.1, 0.15) is 0 Å². The summed E-state index contributed by atoms with van der Waals surface area (Å²) >= 11 is 0.812. The number of pyridine rings is 1. The van der Waals surface area contributed by atoms with Crippen molar-refractivity contribution >= 4 is 29.0 Å². The Morgan fingerprint density at radius 3 is 2.35 bits per heavy atom. The number of thioether (sulfide) groups is 1. The zero-order chi connectivity index (χ0) is 22.6. The van der Waals surface area contributed by atoms with Crippen LogP contribution in [-0.4, -0.2) is 42.9 Å². The fourth-order valence-corrected chi connectivity index (χ4v) is 3.50. The summed E-state index contributed by atoms with van der Waals surface area (Å²) in [6.07, 6.45) is -8.59. The van der Waals surface area contributed by atoms with E-state index in [0.29, 0.717) is 38.2 Å². The maximum atomic E-state index is 13.5. The Morgan fingerprint density at radius 1 is 1.06 bits per heavy atom. The van der Waals surface area contributed by atoms with Gasteiger partial charge in [-0.3, -0.25) is 4.79 Å². The largest absolute Gasteiger partial charge is 0.418 e. The van der Waals surface area contributed by atoms with E-state index in [1.807, 2.05) is 0 Å². The molecule has 1 fully saturated rings. The third-order valence-corrected chi connectivity index (χ3v) is 5.32. The van der Waals surface area contributed by atoms with Crippen LogP contribution in [0.2, 0.25) is 0 Å². The quantitative estimate of drug-likeness (QED) is 0.513. The number of nitrogens with zero attached hydrogens (tertiary/aromatic N) is 2. The van der Waals surface area contributed by atoms with Gasteiger partial charge in [0.15, 0.2) is 0 Å². The van der Waals surface area contributed by atoms with Crippen molar-refractivity contribution < 1.29 is 35.9 Å². The third kappa shape index (κ3) is 6.26. The van der Waals surface area contributed by atoms with Crippen LogP contribution in [-0.2, 0) is 21.9 Å². The van der Waals surface area contributed by atoms with Crippen molar-refractivity contribution in [2.75, 3.05) is 42.3 Å². The number of aromatic nitrogens is 1. The minimum atomic E-state index is -4.69. The smallest absolute Gasteiger partial charge is 0.378 e. The van der Waals surface area contributed by atoms with Crippen LogP contribution >= 0.6 is 11.8 Å². The van der Waals surface area contributed by atoms with Gasteiger partial charge in [0.05, 0.1) is 40.8 Å². The topological polar surface area (TPSA) is 54.5 Å². The molecule has 0 atom stereocenters. The van der Waals surface area contributed by atoms with Crippen LogP contribution in [0.3, 0.4) is 0 Å². The van der Waals surface area contributed by atoms with Gasteiger partial charge in [-0.15, -0.1) is 0 Å². The summed E-state index contributed by atoms with van der Waals surface area (Å²) in [6, 6.07) is 5.57. The molecule has 0 aliphatic carbocycles. The van der Waals surface area contributed by atoms with Gasteiger partial charge < -0.3 is 15.0 Å². The average Bonchev–Trinajstić information content (AvgIpc) is 2.72.